The van der Waals surface area contributed by atoms with Crippen LogP contribution in [-0.2, 0) is 0 Å². The third-order valence-corrected chi connectivity index (χ3v) is 11.2. The summed E-state index contributed by atoms with van der Waals surface area (Å²) in [4.78, 5) is 27.0. The molecular weight excluding hydrogens is 953 g/mol. The monoisotopic (exact) mass is 986 g/mol. The second-order valence-corrected chi connectivity index (χ2v) is 17.0. The molecule has 0 aliphatic rings. The van der Waals surface area contributed by atoms with E-state index in [1.165, 1.54) is 0 Å². The molecule has 2 N–H and O–H groups in total. The van der Waals surface area contributed by atoms with Crippen LogP contribution < -0.4 is 5.46 Å². The predicted octanol–water partition coefficient (Wildman–Crippen LogP) is 14.0. The van der Waals surface area contributed by atoms with Gasteiger partial charge < -0.3 is 10.0 Å². The zero-order valence-electron chi connectivity index (χ0n) is 35.7. The van der Waals surface area contributed by atoms with Gasteiger partial charge in [0.15, 0.2) is 29.1 Å². The Hall–Kier alpha value is -6.79. The lowest BCUT2D eigenvalue weighted by Gasteiger charge is -2.10. The van der Waals surface area contributed by atoms with Crippen LogP contribution in [0, 0.1) is 0 Å². The average molecular weight is 989 g/mol. The summed E-state index contributed by atoms with van der Waals surface area (Å²) in [5.74, 6) is 2.62. The summed E-state index contributed by atoms with van der Waals surface area (Å²) in [5, 5.41) is 20.7. The Labute approximate surface area is 418 Å². The highest BCUT2D eigenvalue weighted by Gasteiger charge is 2.15. The highest BCUT2D eigenvalue weighted by atomic mass is 35.5. The van der Waals surface area contributed by atoms with Gasteiger partial charge in [-0.25, -0.2) is 19.9 Å². The third kappa shape index (κ3) is 12.8. The van der Waals surface area contributed by atoms with Gasteiger partial charge in [0, 0.05) is 47.9 Å². The lowest BCUT2D eigenvalue weighted by Crippen LogP contribution is -2.29. The summed E-state index contributed by atoms with van der Waals surface area (Å²) in [6, 6.07) is 65.0. The van der Waals surface area contributed by atoms with Crippen molar-refractivity contribution in [2.75, 3.05) is 0 Å². The van der Waals surface area contributed by atoms with Gasteiger partial charge in [-0.1, -0.05) is 198 Å². The molecule has 0 saturated carbocycles. The molecule has 68 heavy (non-hydrogen) atoms. The van der Waals surface area contributed by atoms with Gasteiger partial charge in [0.25, 0.3) is 0 Å². The fourth-order valence-electron chi connectivity index (χ4n) is 6.86. The predicted molar refractivity (Wildman–Crippen MR) is 279 cm³/mol. The van der Waals surface area contributed by atoms with E-state index in [2.05, 4.69) is 39.2 Å². The van der Waals surface area contributed by atoms with Crippen LogP contribution in [-0.4, -0.2) is 47.1 Å². The van der Waals surface area contributed by atoms with Crippen molar-refractivity contribution >= 4 is 70.6 Å². The highest BCUT2D eigenvalue weighted by molar-refractivity contribution is 6.58. The van der Waals surface area contributed by atoms with Gasteiger partial charge in [0.1, 0.15) is 0 Å². The van der Waals surface area contributed by atoms with E-state index in [0.717, 1.165) is 50.1 Å². The van der Waals surface area contributed by atoms with E-state index in [0.29, 0.717) is 54.7 Å². The molecule has 0 spiro atoms. The van der Waals surface area contributed by atoms with Crippen molar-refractivity contribution in [1.29, 1.82) is 0 Å². The topological polar surface area (TPSA) is 118 Å². The largest absolute Gasteiger partial charge is 0.488 e. The van der Waals surface area contributed by atoms with Crippen molar-refractivity contribution in [3.8, 4) is 79.2 Å². The molecule has 8 nitrogen and oxygen atoms in total. The number of benzene rings is 8. The molecule has 2 aromatic heterocycles. The molecule has 10 aromatic rings. The molecule has 10 rings (SSSR count). The molecule has 332 valence electrons. The average Bonchev–Trinajstić information content (AvgIpc) is 3.37. The van der Waals surface area contributed by atoms with Gasteiger partial charge in [-0.15, -0.1) is 0 Å². The minimum Gasteiger partial charge on any atom is -0.423 e. The van der Waals surface area contributed by atoms with Crippen molar-refractivity contribution in [1.82, 2.24) is 29.9 Å². The molecule has 0 aliphatic carbocycles. The molecule has 0 saturated heterocycles. The molecule has 0 amide bonds. The van der Waals surface area contributed by atoms with Crippen molar-refractivity contribution in [3.63, 3.8) is 0 Å². The first-order valence-corrected chi connectivity index (χ1v) is 22.8. The molecular formula is C54H36BCl5N6O2. The Kier molecular flexibility index (Phi) is 16.0. The van der Waals surface area contributed by atoms with E-state index in [9.17, 15) is 0 Å². The van der Waals surface area contributed by atoms with Crippen LogP contribution in [0.4, 0.5) is 0 Å². The molecule has 0 fully saturated rings. The summed E-state index contributed by atoms with van der Waals surface area (Å²) in [6.07, 6.45) is 0. The first-order valence-electron chi connectivity index (χ1n) is 20.9. The Morgan fingerprint density at radius 3 is 0.897 bits per heavy atom. The number of rotatable bonds is 8. The summed E-state index contributed by atoms with van der Waals surface area (Å²) in [5.41, 5.74) is 8.89. The smallest absolute Gasteiger partial charge is 0.423 e. The van der Waals surface area contributed by atoms with Gasteiger partial charge in [-0.2, -0.15) is 9.97 Å². The van der Waals surface area contributed by atoms with Crippen molar-refractivity contribution < 1.29 is 10.0 Å². The molecule has 14 heteroatoms. The van der Waals surface area contributed by atoms with Crippen molar-refractivity contribution in [2.45, 2.75) is 0 Å². The van der Waals surface area contributed by atoms with E-state index in [-0.39, 0.29) is 5.28 Å². The Balaban J connectivity index is 0.000000149. The number of aromatic nitrogens is 6. The minimum absolute atomic E-state index is 0.120. The number of hydrogen-bond donors (Lipinski definition) is 2. The maximum absolute atomic E-state index is 9.05. The zero-order chi connectivity index (χ0) is 47.4. The highest BCUT2D eigenvalue weighted by Crippen LogP contribution is 2.30. The van der Waals surface area contributed by atoms with Crippen LogP contribution in [0.25, 0.3) is 79.2 Å². The molecule has 0 unspecified atom stereocenters. The number of halogens is 5. The Morgan fingerprint density at radius 2 is 0.544 bits per heavy atom. The molecule has 2 heterocycles. The van der Waals surface area contributed by atoms with Crippen molar-refractivity contribution in [2.24, 2.45) is 0 Å². The van der Waals surface area contributed by atoms with Crippen LogP contribution in [0.3, 0.4) is 0 Å². The summed E-state index contributed by atoms with van der Waals surface area (Å²) in [7, 11) is -1.41. The summed E-state index contributed by atoms with van der Waals surface area (Å²) in [6.45, 7) is 0. The second-order valence-electron chi connectivity index (χ2n) is 14.9. The van der Waals surface area contributed by atoms with Crippen LogP contribution in [0.1, 0.15) is 0 Å². The van der Waals surface area contributed by atoms with Crippen molar-refractivity contribution in [3.05, 3.63) is 232 Å². The maximum Gasteiger partial charge on any atom is 0.488 e. The molecule has 0 bridgehead atoms. The summed E-state index contributed by atoms with van der Waals surface area (Å²) >= 11 is 30.4. The molecule has 0 radical (unpaired) electrons. The van der Waals surface area contributed by atoms with Gasteiger partial charge in [-0.3, -0.25) is 0 Å². The second kappa shape index (κ2) is 22.8. The molecule has 0 atom stereocenters. The van der Waals surface area contributed by atoms with E-state index >= 15 is 0 Å². The standard InChI is InChI=1S/C27H17Cl2N3.C15H8Cl3N3.C12H11BO2/c28-23-13-5-11-21(16-23)26-30-25(31-27(32-26)22-12-6-14-24(29)17-22)20-10-4-9-19(15-20)18-7-2-1-3-8-18;16-11-5-1-3-9(7-11)13-19-14(21-15(18)20-13)10-4-2-6-12(17)8-10;14-13(15)12-8-4-7-11(9-12)10-5-2-1-3-6-10/h1-17H;1-8H;1-9,14-15H. The zero-order valence-corrected chi connectivity index (χ0v) is 39.5. The third-order valence-electron chi connectivity index (χ3n) is 10.1. The maximum atomic E-state index is 9.05. The fraction of sp³-hybridized carbons (Fsp3) is 0. The number of hydrogen-bond acceptors (Lipinski definition) is 8. The SMILES string of the molecule is Clc1cccc(-c2nc(-c3cccc(Cl)c3)nc(-c3cccc(-c4ccccc4)c3)n2)c1.Clc1cccc(-c2nc(Cl)nc(-c3cccc(Cl)c3)n2)c1.OB(O)c1cccc(-c2ccccc2)c1. The molecule has 0 aliphatic heterocycles. The normalized spacial score (nSPS) is 10.6. The Bertz CT molecular complexity index is 3190. The lowest BCUT2D eigenvalue weighted by molar-refractivity contribution is 0.426. The van der Waals surface area contributed by atoms with E-state index in [4.69, 9.17) is 83.0 Å². The van der Waals surface area contributed by atoms with E-state index in [1.54, 1.807) is 36.4 Å². The van der Waals surface area contributed by atoms with Crippen LogP contribution in [0.2, 0.25) is 25.4 Å². The van der Waals surface area contributed by atoms with E-state index in [1.807, 2.05) is 146 Å². The quantitative estimate of drug-likeness (QED) is 0.145. The van der Waals surface area contributed by atoms with Crippen LogP contribution >= 0.6 is 58.0 Å². The lowest BCUT2D eigenvalue weighted by atomic mass is 9.79. The number of nitrogens with zero attached hydrogens (tertiary/aromatic N) is 6. The molecule has 8 aromatic carbocycles. The van der Waals surface area contributed by atoms with Gasteiger partial charge in [0.05, 0.1) is 0 Å². The van der Waals surface area contributed by atoms with Crippen LogP contribution in [0.5, 0.6) is 0 Å². The van der Waals surface area contributed by atoms with Gasteiger partial charge in [0.2, 0.25) is 5.28 Å². The van der Waals surface area contributed by atoms with Gasteiger partial charge >= 0.3 is 7.12 Å². The first-order chi connectivity index (χ1) is 33.0. The minimum atomic E-state index is -1.41. The summed E-state index contributed by atoms with van der Waals surface area (Å²) < 4.78 is 0. The van der Waals surface area contributed by atoms with Crippen LogP contribution in [0.15, 0.2) is 206 Å². The van der Waals surface area contributed by atoms with Gasteiger partial charge in [-0.05, 0) is 93.9 Å². The Morgan fingerprint density at radius 1 is 0.265 bits per heavy atom. The fourth-order valence-corrected chi connectivity index (χ4v) is 7.78. The first kappa shape index (κ1) is 47.7. The van der Waals surface area contributed by atoms with E-state index < -0.39 is 7.12 Å².